The van der Waals surface area contributed by atoms with Gasteiger partial charge in [0.15, 0.2) is 5.79 Å². The summed E-state index contributed by atoms with van der Waals surface area (Å²) in [6.45, 7) is 3.57. The van der Waals surface area contributed by atoms with Gasteiger partial charge in [-0.25, -0.2) is 0 Å². The third-order valence-electron chi connectivity index (χ3n) is 1.86. The molecule has 2 heterocycles. The van der Waals surface area contributed by atoms with Gasteiger partial charge in [0.1, 0.15) is 18.5 Å². The number of aliphatic hydroxyl groups excluding tert-OH is 1. The summed E-state index contributed by atoms with van der Waals surface area (Å²) in [5, 5.41) is 8.75. The van der Waals surface area contributed by atoms with Gasteiger partial charge in [0.05, 0.1) is 0 Å². The van der Waals surface area contributed by atoms with Crippen LogP contribution in [0.3, 0.4) is 0 Å². The fourth-order valence-corrected chi connectivity index (χ4v) is 1.42. The Morgan fingerprint density at radius 3 is 2.83 bits per heavy atom. The van der Waals surface area contributed by atoms with Crippen molar-refractivity contribution in [3.63, 3.8) is 0 Å². The SMILES string of the molecule is CC1(C)OC2C=C(CO)OC2O1. The number of fused-ring (bicyclic) bond motifs is 1. The Morgan fingerprint density at radius 2 is 2.25 bits per heavy atom. The van der Waals surface area contributed by atoms with Crippen LogP contribution in [0.5, 0.6) is 0 Å². The van der Waals surface area contributed by atoms with E-state index in [9.17, 15) is 0 Å². The van der Waals surface area contributed by atoms with Gasteiger partial charge in [-0.1, -0.05) is 0 Å². The molecule has 2 aliphatic rings. The highest BCUT2D eigenvalue weighted by Crippen LogP contribution is 2.34. The molecule has 2 unspecified atom stereocenters. The molecule has 0 aromatic rings. The summed E-state index contributed by atoms with van der Waals surface area (Å²) < 4.78 is 16.1. The van der Waals surface area contributed by atoms with Crippen molar-refractivity contribution in [2.45, 2.75) is 32.0 Å². The lowest BCUT2D eigenvalue weighted by Gasteiger charge is -2.17. The van der Waals surface area contributed by atoms with Crippen LogP contribution in [0.1, 0.15) is 13.8 Å². The maximum Gasteiger partial charge on any atom is 0.232 e. The zero-order valence-electron chi connectivity index (χ0n) is 7.11. The van der Waals surface area contributed by atoms with Crippen molar-refractivity contribution in [1.82, 2.24) is 0 Å². The molecule has 0 aromatic heterocycles. The fraction of sp³-hybridized carbons (Fsp3) is 0.750. The van der Waals surface area contributed by atoms with Crippen LogP contribution >= 0.6 is 0 Å². The van der Waals surface area contributed by atoms with E-state index in [0.717, 1.165) is 0 Å². The van der Waals surface area contributed by atoms with Crippen molar-refractivity contribution in [2.75, 3.05) is 6.61 Å². The Balaban J connectivity index is 2.08. The molecule has 2 atom stereocenters. The van der Waals surface area contributed by atoms with E-state index in [1.807, 2.05) is 13.8 Å². The number of ether oxygens (including phenoxy) is 3. The maximum absolute atomic E-state index is 8.75. The minimum absolute atomic E-state index is 0.0971. The van der Waals surface area contributed by atoms with Crippen LogP contribution in [0.25, 0.3) is 0 Å². The minimum Gasteiger partial charge on any atom is -0.464 e. The highest BCUT2D eigenvalue weighted by atomic mass is 16.8. The molecule has 0 bridgehead atoms. The van der Waals surface area contributed by atoms with Crippen LogP contribution in [0.15, 0.2) is 11.8 Å². The van der Waals surface area contributed by atoms with Gasteiger partial charge in [0, 0.05) is 0 Å². The molecule has 0 aromatic carbocycles. The Morgan fingerprint density at radius 1 is 1.50 bits per heavy atom. The van der Waals surface area contributed by atoms with Crippen LogP contribution in [0.4, 0.5) is 0 Å². The first kappa shape index (κ1) is 8.04. The summed E-state index contributed by atoms with van der Waals surface area (Å²) >= 11 is 0. The molecule has 1 fully saturated rings. The number of hydrogen-bond donors (Lipinski definition) is 1. The Kier molecular flexibility index (Phi) is 1.64. The Hall–Kier alpha value is -0.580. The minimum atomic E-state index is -0.577. The Labute approximate surface area is 70.7 Å². The van der Waals surface area contributed by atoms with E-state index in [-0.39, 0.29) is 19.0 Å². The van der Waals surface area contributed by atoms with Crippen LogP contribution in [-0.4, -0.2) is 29.9 Å². The standard InChI is InChI=1S/C8H12O4/c1-8(2)11-6-3-5(4-9)10-7(6)12-8/h3,6-7,9H,4H2,1-2H3. The molecular formula is C8H12O4. The van der Waals surface area contributed by atoms with E-state index in [1.165, 1.54) is 0 Å². The third kappa shape index (κ3) is 1.22. The average Bonchev–Trinajstić information content (AvgIpc) is 2.40. The summed E-state index contributed by atoms with van der Waals surface area (Å²) in [7, 11) is 0. The van der Waals surface area contributed by atoms with Gasteiger partial charge in [0.25, 0.3) is 0 Å². The van der Waals surface area contributed by atoms with Crippen LogP contribution in [0.2, 0.25) is 0 Å². The second-order valence-electron chi connectivity index (χ2n) is 3.38. The normalized spacial score (nSPS) is 37.4. The summed E-state index contributed by atoms with van der Waals surface area (Å²) in [6, 6.07) is 0. The van der Waals surface area contributed by atoms with Crippen molar-refractivity contribution in [1.29, 1.82) is 0 Å². The fourth-order valence-electron chi connectivity index (χ4n) is 1.42. The van der Waals surface area contributed by atoms with Crippen molar-refractivity contribution in [3.8, 4) is 0 Å². The van der Waals surface area contributed by atoms with Crippen molar-refractivity contribution in [2.24, 2.45) is 0 Å². The van der Waals surface area contributed by atoms with Gasteiger partial charge in [-0.05, 0) is 19.9 Å². The summed E-state index contributed by atoms with van der Waals surface area (Å²) in [6.07, 6.45) is 1.21. The molecule has 2 aliphatic heterocycles. The second-order valence-corrected chi connectivity index (χ2v) is 3.38. The molecule has 4 nitrogen and oxygen atoms in total. The smallest absolute Gasteiger partial charge is 0.232 e. The maximum atomic E-state index is 8.75. The van der Waals surface area contributed by atoms with E-state index < -0.39 is 5.79 Å². The molecule has 68 valence electrons. The lowest BCUT2D eigenvalue weighted by atomic mass is 10.3. The number of aliphatic hydroxyl groups is 1. The van der Waals surface area contributed by atoms with E-state index in [1.54, 1.807) is 6.08 Å². The van der Waals surface area contributed by atoms with Gasteiger partial charge in [0.2, 0.25) is 6.29 Å². The highest BCUT2D eigenvalue weighted by molar-refractivity contribution is 5.08. The van der Waals surface area contributed by atoms with E-state index in [0.29, 0.717) is 5.76 Å². The zero-order valence-corrected chi connectivity index (χ0v) is 7.11. The average molecular weight is 172 g/mol. The topological polar surface area (TPSA) is 47.9 Å². The second kappa shape index (κ2) is 2.45. The Bertz CT molecular complexity index is 221. The summed E-state index contributed by atoms with van der Waals surface area (Å²) in [5.41, 5.74) is 0. The molecule has 1 saturated heterocycles. The molecule has 0 radical (unpaired) electrons. The molecule has 0 spiro atoms. The van der Waals surface area contributed by atoms with Gasteiger partial charge < -0.3 is 19.3 Å². The first-order chi connectivity index (χ1) is 5.61. The molecule has 0 aliphatic carbocycles. The van der Waals surface area contributed by atoms with Crippen molar-refractivity contribution in [3.05, 3.63) is 11.8 Å². The molecule has 2 rings (SSSR count). The summed E-state index contributed by atoms with van der Waals surface area (Å²) in [4.78, 5) is 0. The van der Waals surface area contributed by atoms with Crippen molar-refractivity contribution >= 4 is 0 Å². The molecule has 12 heavy (non-hydrogen) atoms. The zero-order chi connectivity index (χ0) is 8.77. The summed E-state index contributed by atoms with van der Waals surface area (Å²) in [5.74, 6) is -0.0483. The monoisotopic (exact) mass is 172 g/mol. The van der Waals surface area contributed by atoms with Crippen LogP contribution in [-0.2, 0) is 14.2 Å². The quantitative estimate of drug-likeness (QED) is 0.620. The van der Waals surface area contributed by atoms with Crippen molar-refractivity contribution < 1.29 is 19.3 Å². The first-order valence-corrected chi connectivity index (χ1v) is 3.94. The predicted octanol–water partition coefficient (Wildman–Crippen LogP) is 0.370. The predicted molar refractivity (Wildman–Crippen MR) is 40.1 cm³/mol. The molecule has 4 heteroatoms. The molecule has 0 saturated carbocycles. The molecule has 0 amide bonds. The first-order valence-electron chi connectivity index (χ1n) is 3.94. The number of rotatable bonds is 1. The third-order valence-corrected chi connectivity index (χ3v) is 1.86. The highest BCUT2D eigenvalue weighted by Gasteiger charge is 2.45. The van der Waals surface area contributed by atoms with Crippen LogP contribution in [0, 0.1) is 0 Å². The molecular weight excluding hydrogens is 160 g/mol. The van der Waals surface area contributed by atoms with Gasteiger partial charge in [-0.2, -0.15) is 0 Å². The lowest BCUT2D eigenvalue weighted by molar-refractivity contribution is -0.182. The van der Waals surface area contributed by atoms with Gasteiger partial charge >= 0.3 is 0 Å². The largest absolute Gasteiger partial charge is 0.464 e. The van der Waals surface area contributed by atoms with Gasteiger partial charge in [-0.15, -0.1) is 0 Å². The molecule has 1 N–H and O–H groups in total. The van der Waals surface area contributed by atoms with E-state index in [4.69, 9.17) is 19.3 Å². The van der Waals surface area contributed by atoms with Gasteiger partial charge in [-0.3, -0.25) is 0 Å². The lowest BCUT2D eigenvalue weighted by Crippen LogP contribution is -2.22. The van der Waals surface area contributed by atoms with Crippen LogP contribution < -0.4 is 0 Å². The number of hydrogen-bond acceptors (Lipinski definition) is 4. The van der Waals surface area contributed by atoms with E-state index in [2.05, 4.69) is 0 Å². The van der Waals surface area contributed by atoms with E-state index >= 15 is 0 Å².